The first-order chi connectivity index (χ1) is 10.6. The van der Waals surface area contributed by atoms with Gasteiger partial charge in [0.2, 0.25) is 5.91 Å². The van der Waals surface area contributed by atoms with Gasteiger partial charge in [-0.3, -0.25) is 13.9 Å². The van der Waals surface area contributed by atoms with Crippen molar-refractivity contribution in [3.05, 3.63) is 34.7 Å². The summed E-state index contributed by atoms with van der Waals surface area (Å²) in [5.74, 6) is 0.00936. The van der Waals surface area contributed by atoms with E-state index in [2.05, 4.69) is 5.32 Å². The van der Waals surface area contributed by atoms with Crippen LogP contribution in [0.3, 0.4) is 0 Å². The fourth-order valence-electron chi connectivity index (χ4n) is 3.17. The van der Waals surface area contributed by atoms with E-state index in [0.29, 0.717) is 13.1 Å². The standard InChI is InChI=1S/C16H22N4O2/c1-3-18-13-6-4-5-7-14(13)20(16(18)22)11-15(21)19-9-8-17-10-12(19)2/h4-7,12,17H,3,8-11H2,1-2H3. The molecule has 0 bridgehead atoms. The van der Waals surface area contributed by atoms with Crippen molar-refractivity contribution in [3.63, 3.8) is 0 Å². The molecule has 22 heavy (non-hydrogen) atoms. The zero-order valence-corrected chi connectivity index (χ0v) is 13.1. The molecule has 1 amide bonds. The largest absolute Gasteiger partial charge is 0.336 e. The van der Waals surface area contributed by atoms with Crippen LogP contribution in [0.4, 0.5) is 0 Å². The van der Waals surface area contributed by atoms with Crippen LogP contribution in [0.15, 0.2) is 29.1 Å². The molecule has 0 aliphatic carbocycles. The number of rotatable bonds is 3. The van der Waals surface area contributed by atoms with Crippen molar-refractivity contribution in [2.75, 3.05) is 19.6 Å². The Bertz CT molecular complexity index is 746. The number of carbonyl (C=O) groups excluding carboxylic acids is 1. The highest BCUT2D eigenvalue weighted by molar-refractivity contribution is 5.81. The number of hydrogen-bond acceptors (Lipinski definition) is 3. The Kier molecular flexibility index (Phi) is 4.02. The molecule has 6 heteroatoms. The van der Waals surface area contributed by atoms with Gasteiger partial charge in [-0.25, -0.2) is 4.79 Å². The van der Waals surface area contributed by atoms with E-state index < -0.39 is 0 Å². The lowest BCUT2D eigenvalue weighted by Gasteiger charge is -2.34. The lowest BCUT2D eigenvalue weighted by molar-refractivity contribution is -0.134. The van der Waals surface area contributed by atoms with Crippen LogP contribution in [0.1, 0.15) is 13.8 Å². The average Bonchev–Trinajstić information content (AvgIpc) is 2.79. The van der Waals surface area contributed by atoms with E-state index >= 15 is 0 Å². The van der Waals surface area contributed by atoms with Crippen LogP contribution in [-0.4, -0.2) is 45.6 Å². The molecule has 1 aromatic carbocycles. The Labute approximate surface area is 129 Å². The van der Waals surface area contributed by atoms with Gasteiger partial charge in [0.15, 0.2) is 0 Å². The van der Waals surface area contributed by atoms with Gasteiger partial charge in [-0.1, -0.05) is 12.1 Å². The zero-order chi connectivity index (χ0) is 15.7. The Hall–Kier alpha value is -2.08. The molecule has 1 N–H and O–H groups in total. The molecule has 0 spiro atoms. The first-order valence-corrected chi connectivity index (χ1v) is 7.81. The second-order valence-electron chi connectivity index (χ2n) is 5.74. The molecular weight excluding hydrogens is 280 g/mol. The third kappa shape index (κ3) is 2.43. The number of carbonyl (C=O) groups is 1. The van der Waals surface area contributed by atoms with Crippen LogP contribution in [0.2, 0.25) is 0 Å². The Morgan fingerprint density at radius 2 is 1.95 bits per heavy atom. The maximum absolute atomic E-state index is 12.6. The predicted molar refractivity (Wildman–Crippen MR) is 85.9 cm³/mol. The van der Waals surface area contributed by atoms with Gasteiger partial charge in [0.05, 0.1) is 11.0 Å². The molecule has 1 atom stereocenters. The Morgan fingerprint density at radius 1 is 1.27 bits per heavy atom. The summed E-state index contributed by atoms with van der Waals surface area (Å²) >= 11 is 0. The van der Waals surface area contributed by atoms with E-state index in [9.17, 15) is 9.59 Å². The first-order valence-electron chi connectivity index (χ1n) is 7.81. The van der Waals surface area contributed by atoms with Crippen molar-refractivity contribution >= 4 is 16.9 Å². The van der Waals surface area contributed by atoms with Gasteiger partial charge in [0, 0.05) is 32.2 Å². The average molecular weight is 302 g/mol. The summed E-state index contributed by atoms with van der Waals surface area (Å²) in [6.45, 7) is 6.99. The number of fused-ring (bicyclic) bond motifs is 1. The monoisotopic (exact) mass is 302 g/mol. The number of aromatic nitrogens is 2. The minimum atomic E-state index is -0.111. The Balaban J connectivity index is 1.95. The highest BCUT2D eigenvalue weighted by atomic mass is 16.2. The summed E-state index contributed by atoms with van der Waals surface area (Å²) in [6, 6.07) is 7.80. The third-order valence-corrected chi connectivity index (χ3v) is 4.36. The molecule has 1 aliphatic rings. The second kappa shape index (κ2) is 5.96. The number of nitrogens with one attached hydrogen (secondary N) is 1. The van der Waals surface area contributed by atoms with Crippen molar-refractivity contribution in [2.45, 2.75) is 33.0 Å². The number of benzene rings is 1. The molecule has 1 saturated heterocycles. The molecule has 118 valence electrons. The molecule has 2 aromatic rings. The van der Waals surface area contributed by atoms with Crippen LogP contribution in [-0.2, 0) is 17.9 Å². The highest BCUT2D eigenvalue weighted by Gasteiger charge is 2.24. The maximum atomic E-state index is 12.6. The minimum Gasteiger partial charge on any atom is -0.336 e. The van der Waals surface area contributed by atoms with Gasteiger partial charge in [-0.15, -0.1) is 0 Å². The molecule has 1 aliphatic heterocycles. The number of piperazine rings is 1. The van der Waals surface area contributed by atoms with Crippen LogP contribution >= 0.6 is 0 Å². The van der Waals surface area contributed by atoms with Gasteiger partial charge in [-0.2, -0.15) is 0 Å². The maximum Gasteiger partial charge on any atom is 0.329 e. The summed E-state index contributed by atoms with van der Waals surface area (Å²) < 4.78 is 3.31. The number of amides is 1. The van der Waals surface area contributed by atoms with E-state index in [0.717, 1.165) is 24.1 Å². The summed E-state index contributed by atoms with van der Waals surface area (Å²) in [5.41, 5.74) is 1.60. The summed E-state index contributed by atoms with van der Waals surface area (Å²) in [6.07, 6.45) is 0. The number of hydrogen-bond donors (Lipinski definition) is 1. The van der Waals surface area contributed by atoms with E-state index in [1.807, 2.05) is 43.0 Å². The van der Waals surface area contributed by atoms with Crippen molar-refractivity contribution in [1.82, 2.24) is 19.4 Å². The van der Waals surface area contributed by atoms with Crippen LogP contribution in [0.5, 0.6) is 0 Å². The fourth-order valence-corrected chi connectivity index (χ4v) is 3.17. The number of para-hydroxylation sites is 2. The van der Waals surface area contributed by atoms with Crippen molar-refractivity contribution in [1.29, 1.82) is 0 Å². The SMILES string of the molecule is CCn1c(=O)n(CC(=O)N2CCNCC2C)c2ccccc21. The first kappa shape index (κ1) is 14.8. The highest BCUT2D eigenvalue weighted by Crippen LogP contribution is 2.13. The number of imidazole rings is 1. The zero-order valence-electron chi connectivity index (χ0n) is 13.1. The van der Waals surface area contributed by atoms with Crippen LogP contribution < -0.4 is 11.0 Å². The molecule has 3 rings (SSSR count). The fraction of sp³-hybridized carbons (Fsp3) is 0.500. The molecule has 0 saturated carbocycles. The van der Waals surface area contributed by atoms with E-state index in [1.54, 1.807) is 9.13 Å². The molecule has 6 nitrogen and oxygen atoms in total. The molecule has 1 aromatic heterocycles. The summed E-state index contributed by atoms with van der Waals surface area (Å²) in [7, 11) is 0. The van der Waals surface area contributed by atoms with E-state index in [-0.39, 0.29) is 24.2 Å². The normalized spacial score (nSPS) is 18.8. The molecule has 1 fully saturated rings. The molecular formula is C16H22N4O2. The lowest BCUT2D eigenvalue weighted by atomic mass is 10.2. The van der Waals surface area contributed by atoms with Gasteiger partial charge in [0.1, 0.15) is 6.54 Å². The van der Waals surface area contributed by atoms with Crippen LogP contribution in [0, 0.1) is 0 Å². The van der Waals surface area contributed by atoms with Gasteiger partial charge >= 0.3 is 5.69 Å². The smallest absolute Gasteiger partial charge is 0.329 e. The van der Waals surface area contributed by atoms with Gasteiger partial charge in [0.25, 0.3) is 0 Å². The summed E-state index contributed by atoms with van der Waals surface area (Å²) in [5, 5.41) is 3.27. The summed E-state index contributed by atoms with van der Waals surface area (Å²) in [4.78, 5) is 27.0. The quantitative estimate of drug-likeness (QED) is 0.905. The van der Waals surface area contributed by atoms with Crippen molar-refractivity contribution in [2.24, 2.45) is 0 Å². The second-order valence-corrected chi connectivity index (χ2v) is 5.74. The topological polar surface area (TPSA) is 59.3 Å². The van der Waals surface area contributed by atoms with Crippen molar-refractivity contribution in [3.8, 4) is 0 Å². The van der Waals surface area contributed by atoms with Gasteiger partial charge < -0.3 is 10.2 Å². The third-order valence-electron chi connectivity index (χ3n) is 4.36. The van der Waals surface area contributed by atoms with E-state index in [1.165, 1.54) is 0 Å². The van der Waals surface area contributed by atoms with Crippen molar-refractivity contribution < 1.29 is 4.79 Å². The minimum absolute atomic E-state index is 0.00936. The lowest BCUT2D eigenvalue weighted by Crippen LogP contribution is -2.53. The van der Waals surface area contributed by atoms with Gasteiger partial charge in [-0.05, 0) is 26.0 Å². The van der Waals surface area contributed by atoms with Crippen LogP contribution in [0.25, 0.3) is 11.0 Å². The number of aryl methyl sites for hydroxylation is 1. The predicted octanol–water partition coefficient (Wildman–Crippen LogP) is 0.643. The molecule has 0 radical (unpaired) electrons. The molecule has 1 unspecified atom stereocenters. The molecule has 2 heterocycles. The van der Waals surface area contributed by atoms with E-state index in [4.69, 9.17) is 0 Å². The number of nitrogens with zero attached hydrogens (tertiary/aromatic N) is 3. The Morgan fingerprint density at radius 3 is 2.59 bits per heavy atom.